The number of carbonyl (C=O) groups is 2. The molecule has 0 radical (unpaired) electrons. The second kappa shape index (κ2) is 6.00. The highest BCUT2D eigenvalue weighted by molar-refractivity contribution is 5.96. The van der Waals surface area contributed by atoms with Gasteiger partial charge in [-0.15, -0.1) is 0 Å². The summed E-state index contributed by atoms with van der Waals surface area (Å²) in [5.74, 6) is -0.682. The van der Waals surface area contributed by atoms with Crippen molar-refractivity contribution in [1.29, 1.82) is 0 Å². The van der Waals surface area contributed by atoms with E-state index in [1.54, 1.807) is 6.07 Å². The fourth-order valence-corrected chi connectivity index (χ4v) is 1.35. The van der Waals surface area contributed by atoms with Crippen molar-refractivity contribution in [2.24, 2.45) is 11.5 Å². The first-order chi connectivity index (χ1) is 8.02. The molecular weight excluding hydrogens is 222 g/mol. The molecule has 0 spiro atoms. The smallest absolute Gasteiger partial charge is 0.243 e. The summed E-state index contributed by atoms with van der Waals surface area (Å²) in [6.45, 7) is 2.04. The average Bonchev–Trinajstić information content (AvgIpc) is 2.65. The molecule has 1 heterocycles. The van der Waals surface area contributed by atoms with Crippen molar-refractivity contribution < 1.29 is 9.59 Å². The highest BCUT2D eigenvalue weighted by Gasteiger charge is 2.16. The van der Waals surface area contributed by atoms with Crippen molar-refractivity contribution in [3.8, 4) is 0 Å². The lowest BCUT2D eigenvalue weighted by atomic mass is 10.2. The molecule has 0 fully saturated rings. The second-order valence-electron chi connectivity index (χ2n) is 3.79. The normalized spacial score (nSPS) is 12.1. The van der Waals surface area contributed by atoms with Crippen LogP contribution in [0, 0.1) is 0 Å². The summed E-state index contributed by atoms with van der Waals surface area (Å²) in [6, 6.07) is 0.789. The van der Waals surface area contributed by atoms with Crippen LogP contribution in [0.25, 0.3) is 0 Å². The van der Waals surface area contributed by atoms with Gasteiger partial charge in [0.25, 0.3) is 0 Å². The molecule has 0 saturated carbocycles. The Balaban J connectivity index is 2.52. The van der Waals surface area contributed by atoms with Crippen LogP contribution in [0.5, 0.6) is 0 Å². The first-order valence-electron chi connectivity index (χ1n) is 5.42. The van der Waals surface area contributed by atoms with Gasteiger partial charge in [-0.05, 0) is 6.42 Å². The van der Waals surface area contributed by atoms with Crippen LogP contribution < -0.4 is 16.8 Å². The van der Waals surface area contributed by atoms with Crippen molar-refractivity contribution in [1.82, 2.24) is 10.2 Å². The number of rotatable bonds is 6. The average molecular weight is 239 g/mol. The van der Waals surface area contributed by atoms with Crippen molar-refractivity contribution in [3.05, 3.63) is 11.8 Å². The van der Waals surface area contributed by atoms with Crippen molar-refractivity contribution in [2.75, 3.05) is 5.32 Å². The number of aryl methyl sites for hydroxylation is 1. The van der Waals surface area contributed by atoms with Crippen molar-refractivity contribution in [2.45, 2.75) is 32.2 Å². The Morgan fingerprint density at radius 3 is 2.88 bits per heavy atom. The predicted molar refractivity (Wildman–Crippen MR) is 63.0 cm³/mol. The molecule has 2 amide bonds. The molecule has 0 bridgehead atoms. The van der Waals surface area contributed by atoms with Crippen LogP contribution in [0.1, 0.15) is 25.5 Å². The molecule has 0 aliphatic carbocycles. The summed E-state index contributed by atoms with van der Waals surface area (Å²) in [5.41, 5.74) is 11.4. The predicted octanol–water partition coefficient (Wildman–Crippen LogP) is -0.497. The maximum atomic E-state index is 11.5. The number of carbonyl (C=O) groups excluding carboxylic acids is 2. The minimum absolute atomic E-state index is 0.182. The lowest BCUT2D eigenvalue weighted by molar-refractivity contribution is -0.123. The van der Waals surface area contributed by atoms with E-state index >= 15 is 0 Å². The second-order valence-corrected chi connectivity index (χ2v) is 3.79. The van der Waals surface area contributed by atoms with Crippen LogP contribution in [0.15, 0.2) is 6.07 Å². The summed E-state index contributed by atoms with van der Waals surface area (Å²) in [5, 5.41) is 9.21. The molecule has 0 aliphatic rings. The topological polar surface area (TPSA) is 127 Å². The zero-order chi connectivity index (χ0) is 12.8. The Morgan fingerprint density at radius 1 is 1.59 bits per heavy atom. The van der Waals surface area contributed by atoms with E-state index in [-0.39, 0.29) is 6.42 Å². The van der Waals surface area contributed by atoms with E-state index in [0.717, 1.165) is 18.5 Å². The number of hydrogen-bond donors (Lipinski definition) is 4. The molecule has 1 atom stereocenters. The van der Waals surface area contributed by atoms with E-state index in [9.17, 15) is 9.59 Å². The molecule has 0 saturated heterocycles. The van der Waals surface area contributed by atoms with E-state index in [4.69, 9.17) is 11.5 Å². The van der Waals surface area contributed by atoms with Gasteiger partial charge in [0.15, 0.2) is 5.82 Å². The number of aromatic amines is 1. The lowest BCUT2D eigenvalue weighted by Crippen LogP contribution is -2.39. The highest BCUT2D eigenvalue weighted by atomic mass is 16.2. The van der Waals surface area contributed by atoms with Gasteiger partial charge in [-0.1, -0.05) is 13.3 Å². The van der Waals surface area contributed by atoms with Crippen LogP contribution in [0.4, 0.5) is 5.82 Å². The van der Waals surface area contributed by atoms with E-state index < -0.39 is 17.9 Å². The minimum atomic E-state index is -0.946. The number of aromatic nitrogens is 2. The number of amides is 2. The molecule has 1 unspecified atom stereocenters. The van der Waals surface area contributed by atoms with E-state index in [1.807, 2.05) is 6.92 Å². The number of nitrogens with zero attached hydrogens (tertiary/aromatic N) is 1. The quantitative estimate of drug-likeness (QED) is 0.533. The van der Waals surface area contributed by atoms with Crippen LogP contribution in [0.2, 0.25) is 0 Å². The Bertz CT molecular complexity index is 401. The number of nitrogens with one attached hydrogen (secondary N) is 2. The number of primary amides is 1. The molecular formula is C10H17N5O2. The molecule has 0 aromatic carbocycles. The number of H-pyrrole nitrogens is 1. The zero-order valence-corrected chi connectivity index (χ0v) is 9.69. The Kier molecular flexibility index (Phi) is 4.65. The van der Waals surface area contributed by atoms with Gasteiger partial charge >= 0.3 is 0 Å². The first kappa shape index (κ1) is 13.2. The number of hydrogen-bond acceptors (Lipinski definition) is 4. The van der Waals surface area contributed by atoms with Crippen molar-refractivity contribution in [3.63, 3.8) is 0 Å². The van der Waals surface area contributed by atoms with E-state index in [1.165, 1.54) is 0 Å². The van der Waals surface area contributed by atoms with E-state index in [0.29, 0.717) is 5.82 Å². The summed E-state index contributed by atoms with van der Waals surface area (Å²) >= 11 is 0. The van der Waals surface area contributed by atoms with Gasteiger partial charge in [0, 0.05) is 11.8 Å². The molecule has 1 rings (SSSR count). The van der Waals surface area contributed by atoms with Gasteiger partial charge in [-0.3, -0.25) is 14.7 Å². The highest BCUT2D eigenvalue weighted by Crippen LogP contribution is 2.07. The van der Waals surface area contributed by atoms with E-state index in [2.05, 4.69) is 15.5 Å². The Labute approximate surface area is 98.9 Å². The maximum Gasteiger partial charge on any atom is 0.243 e. The van der Waals surface area contributed by atoms with Gasteiger partial charge in [0.05, 0.1) is 12.5 Å². The molecule has 1 aromatic rings. The third-order valence-corrected chi connectivity index (χ3v) is 2.16. The van der Waals surface area contributed by atoms with Gasteiger partial charge < -0.3 is 16.8 Å². The van der Waals surface area contributed by atoms with Gasteiger partial charge in [-0.2, -0.15) is 5.10 Å². The Morgan fingerprint density at radius 2 is 2.29 bits per heavy atom. The van der Waals surface area contributed by atoms with Crippen molar-refractivity contribution >= 4 is 17.6 Å². The van der Waals surface area contributed by atoms with Crippen LogP contribution in [-0.2, 0) is 16.0 Å². The van der Waals surface area contributed by atoms with Crippen LogP contribution in [-0.4, -0.2) is 28.1 Å². The lowest BCUT2D eigenvalue weighted by Gasteiger charge is -2.07. The summed E-state index contributed by atoms with van der Waals surface area (Å²) in [4.78, 5) is 22.1. The fourth-order valence-electron chi connectivity index (χ4n) is 1.35. The Hall–Kier alpha value is -1.89. The molecule has 6 N–H and O–H groups in total. The maximum absolute atomic E-state index is 11.5. The molecule has 17 heavy (non-hydrogen) atoms. The summed E-state index contributed by atoms with van der Waals surface area (Å²) in [7, 11) is 0. The first-order valence-corrected chi connectivity index (χ1v) is 5.42. The third-order valence-electron chi connectivity index (χ3n) is 2.16. The number of anilines is 1. The van der Waals surface area contributed by atoms with Gasteiger partial charge in [0.1, 0.15) is 0 Å². The summed E-state index contributed by atoms with van der Waals surface area (Å²) < 4.78 is 0. The zero-order valence-electron chi connectivity index (χ0n) is 9.69. The SMILES string of the molecule is CCCc1cc(NC(=O)C(N)CC(N)=O)n[nH]1. The molecule has 1 aromatic heterocycles. The van der Waals surface area contributed by atoms with Gasteiger partial charge in [0.2, 0.25) is 11.8 Å². The largest absolute Gasteiger partial charge is 0.370 e. The molecule has 7 heteroatoms. The third kappa shape index (κ3) is 4.23. The van der Waals surface area contributed by atoms with Crippen LogP contribution in [0.3, 0.4) is 0 Å². The standard InChI is InChI=1S/C10H17N5O2/c1-2-3-6-4-9(15-14-6)13-10(17)7(11)5-8(12)16/h4,7H,2-3,5,11H2,1H3,(H2,12,16)(H2,13,14,15,17). The molecule has 94 valence electrons. The molecule has 7 nitrogen and oxygen atoms in total. The van der Waals surface area contributed by atoms with Gasteiger partial charge in [-0.25, -0.2) is 0 Å². The van der Waals surface area contributed by atoms with Crippen LogP contribution >= 0.6 is 0 Å². The monoisotopic (exact) mass is 239 g/mol. The minimum Gasteiger partial charge on any atom is -0.370 e. The fraction of sp³-hybridized carbons (Fsp3) is 0.500. The molecule has 0 aliphatic heterocycles. The number of nitrogens with two attached hydrogens (primary N) is 2. The summed E-state index contributed by atoms with van der Waals surface area (Å²) in [6.07, 6.45) is 1.66.